The first kappa shape index (κ1) is 14.1. The van der Waals surface area contributed by atoms with E-state index in [1.54, 1.807) is 14.1 Å². The van der Waals surface area contributed by atoms with Gasteiger partial charge in [0, 0.05) is 14.1 Å². The summed E-state index contributed by atoms with van der Waals surface area (Å²) in [6.07, 6.45) is -4.56. The number of phenolic OH excluding ortho intramolecular Hbond substituents is 1. The Kier molecular flexibility index (Phi) is 3.69. The third-order valence-electron chi connectivity index (χ3n) is 2.37. The molecule has 3 nitrogen and oxygen atoms in total. The minimum Gasteiger partial charge on any atom is -0.507 e. The van der Waals surface area contributed by atoms with E-state index in [0.717, 1.165) is 12.1 Å². The van der Waals surface area contributed by atoms with Gasteiger partial charge >= 0.3 is 6.18 Å². The van der Waals surface area contributed by atoms with Crippen LogP contribution in [-0.4, -0.2) is 29.9 Å². The molecule has 1 aromatic rings. The van der Waals surface area contributed by atoms with Gasteiger partial charge in [-0.15, -0.1) is 0 Å². The van der Waals surface area contributed by atoms with E-state index >= 15 is 0 Å². The van der Waals surface area contributed by atoms with Crippen molar-refractivity contribution in [1.29, 1.82) is 0 Å². The number of nitrogens with zero attached hydrogens (tertiary/aromatic N) is 1. The van der Waals surface area contributed by atoms with E-state index in [1.807, 2.05) is 0 Å². The van der Waals surface area contributed by atoms with Crippen molar-refractivity contribution in [3.05, 3.63) is 41.6 Å². The molecule has 0 amide bonds. The lowest BCUT2D eigenvalue weighted by Gasteiger charge is -2.15. The number of Topliss-reactive ketones (excluding diaryl/α,β-unsaturated/α-hetero) is 1. The molecule has 1 N–H and O–H groups in total. The van der Waals surface area contributed by atoms with Crippen LogP contribution in [0.3, 0.4) is 0 Å². The summed E-state index contributed by atoms with van der Waals surface area (Å²) in [5, 5.41) is 9.48. The molecule has 0 aliphatic carbocycles. The molecule has 0 saturated heterocycles. The smallest absolute Gasteiger partial charge is 0.416 e. The third-order valence-corrected chi connectivity index (χ3v) is 2.37. The lowest BCUT2D eigenvalue weighted by Crippen LogP contribution is -2.18. The van der Waals surface area contributed by atoms with Gasteiger partial charge in [-0.05, 0) is 18.2 Å². The topological polar surface area (TPSA) is 40.5 Å². The largest absolute Gasteiger partial charge is 0.507 e. The first-order valence-electron chi connectivity index (χ1n) is 4.95. The number of phenols is 1. The van der Waals surface area contributed by atoms with Crippen LogP contribution < -0.4 is 0 Å². The fourth-order valence-electron chi connectivity index (χ4n) is 1.26. The first-order chi connectivity index (χ1) is 8.14. The summed E-state index contributed by atoms with van der Waals surface area (Å²) in [7, 11) is 3.14. The summed E-state index contributed by atoms with van der Waals surface area (Å²) >= 11 is 0. The minimum absolute atomic E-state index is 0.0741. The molecule has 0 aliphatic rings. The highest BCUT2D eigenvalue weighted by Gasteiger charge is 2.31. The second-order valence-corrected chi connectivity index (χ2v) is 3.90. The Labute approximate surface area is 102 Å². The molecule has 0 aromatic heterocycles. The van der Waals surface area contributed by atoms with Crippen molar-refractivity contribution in [3.8, 4) is 5.75 Å². The van der Waals surface area contributed by atoms with E-state index in [9.17, 15) is 23.1 Å². The highest BCUT2D eigenvalue weighted by Crippen LogP contribution is 2.33. The maximum absolute atomic E-state index is 12.4. The number of halogens is 3. The monoisotopic (exact) mass is 259 g/mol. The Balaban J connectivity index is 3.15. The molecule has 0 fully saturated rings. The molecule has 98 valence electrons. The number of aromatic hydroxyl groups is 1. The number of rotatable bonds is 3. The van der Waals surface area contributed by atoms with E-state index in [0.29, 0.717) is 6.07 Å². The Morgan fingerprint density at radius 2 is 1.89 bits per heavy atom. The fraction of sp³-hybridized carbons (Fsp3) is 0.250. The Morgan fingerprint density at radius 3 is 2.28 bits per heavy atom. The molecule has 0 unspecified atom stereocenters. The van der Waals surface area contributed by atoms with Crippen LogP contribution >= 0.6 is 0 Å². The molecule has 0 atom stereocenters. The molecule has 6 heteroatoms. The molecule has 1 rings (SSSR count). The van der Waals surface area contributed by atoms with Gasteiger partial charge in [0.15, 0.2) is 0 Å². The van der Waals surface area contributed by atoms with Crippen LogP contribution in [0.4, 0.5) is 13.2 Å². The summed E-state index contributed by atoms with van der Waals surface area (Å²) in [6.45, 7) is 3.49. The SMILES string of the molecule is C=C(C(=O)c1ccc(C(F)(F)F)cc1O)N(C)C. The molecule has 0 aliphatic heterocycles. The number of alkyl halides is 3. The Morgan fingerprint density at radius 1 is 1.33 bits per heavy atom. The third kappa shape index (κ3) is 2.82. The van der Waals surface area contributed by atoms with Crippen molar-refractivity contribution in [3.63, 3.8) is 0 Å². The lowest BCUT2D eigenvalue weighted by molar-refractivity contribution is -0.137. The fourth-order valence-corrected chi connectivity index (χ4v) is 1.26. The zero-order chi connectivity index (χ0) is 14.1. The normalized spacial score (nSPS) is 11.2. The van der Waals surface area contributed by atoms with Crippen LogP contribution in [0, 0.1) is 0 Å². The standard InChI is InChI=1S/C12H12F3NO2/c1-7(16(2)3)11(18)9-5-4-8(6-10(9)17)12(13,14)15/h4-6,17H,1H2,2-3H3. The number of hydrogen-bond donors (Lipinski definition) is 1. The van der Waals surface area contributed by atoms with Crippen LogP contribution in [0.2, 0.25) is 0 Å². The molecule has 18 heavy (non-hydrogen) atoms. The number of likely N-dealkylation sites (N-methyl/N-ethyl adjacent to an activating group) is 1. The summed E-state index contributed by atoms with van der Waals surface area (Å²) in [5.74, 6) is -1.33. The van der Waals surface area contributed by atoms with Gasteiger partial charge in [-0.3, -0.25) is 4.79 Å². The summed E-state index contributed by atoms with van der Waals surface area (Å²) in [6, 6.07) is 2.21. The van der Waals surface area contributed by atoms with Crippen molar-refractivity contribution >= 4 is 5.78 Å². The van der Waals surface area contributed by atoms with Crippen LogP contribution in [0.15, 0.2) is 30.5 Å². The number of hydrogen-bond acceptors (Lipinski definition) is 3. The van der Waals surface area contributed by atoms with Gasteiger partial charge in [-0.1, -0.05) is 6.58 Å². The van der Waals surface area contributed by atoms with Crippen molar-refractivity contribution in [2.24, 2.45) is 0 Å². The summed E-state index contributed by atoms with van der Waals surface area (Å²) in [5.41, 5.74) is -1.14. The average molecular weight is 259 g/mol. The van der Waals surface area contributed by atoms with E-state index in [2.05, 4.69) is 6.58 Å². The number of ketones is 1. The van der Waals surface area contributed by atoms with Crippen LogP contribution in [0.1, 0.15) is 15.9 Å². The second kappa shape index (κ2) is 4.72. The lowest BCUT2D eigenvalue weighted by atomic mass is 10.0. The van der Waals surface area contributed by atoms with Gasteiger partial charge < -0.3 is 10.0 Å². The van der Waals surface area contributed by atoms with Gasteiger partial charge in [0.1, 0.15) is 5.75 Å². The number of carbonyl (C=O) groups is 1. The van der Waals surface area contributed by atoms with Crippen LogP contribution in [0.5, 0.6) is 5.75 Å². The molecule has 0 heterocycles. The highest BCUT2D eigenvalue weighted by molar-refractivity contribution is 6.09. The number of carbonyl (C=O) groups excluding carboxylic acids is 1. The molecule has 1 aromatic carbocycles. The molecular formula is C12H12F3NO2. The minimum atomic E-state index is -4.56. The van der Waals surface area contributed by atoms with Gasteiger partial charge in [-0.2, -0.15) is 13.2 Å². The van der Waals surface area contributed by atoms with Crippen molar-refractivity contribution in [2.45, 2.75) is 6.18 Å². The average Bonchev–Trinajstić information content (AvgIpc) is 2.25. The van der Waals surface area contributed by atoms with Gasteiger partial charge in [0.2, 0.25) is 5.78 Å². The maximum Gasteiger partial charge on any atom is 0.416 e. The van der Waals surface area contributed by atoms with Gasteiger partial charge in [-0.25, -0.2) is 0 Å². The quantitative estimate of drug-likeness (QED) is 0.670. The molecule has 0 bridgehead atoms. The van der Waals surface area contributed by atoms with Gasteiger partial charge in [0.25, 0.3) is 0 Å². The molecular weight excluding hydrogens is 247 g/mol. The zero-order valence-electron chi connectivity index (χ0n) is 9.88. The van der Waals surface area contributed by atoms with E-state index in [1.165, 1.54) is 4.90 Å². The highest BCUT2D eigenvalue weighted by atomic mass is 19.4. The van der Waals surface area contributed by atoms with E-state index in [4.69, 9.17) is 0 Å². The van der Waals surface area contributed by atoms with E-state index in [-0.39, 0.29) is 11.3 Å². The first-order valence-corrected chi connectivity index (χ1v) is 4.95. The summed E-state index contributed by atoms with van der Waals surface area (Å²) in [4.78, 5) is 13.2. The molecule has 0 saturated carbocycles. The number of benzene rings is 1. The van der Waals surface area contributed by atoms with Gasteiger partial charge in [0.05, 0.1) is 16.8 Å². The van der Waals surface area contributed by atoms with Crippen LogP contribution in [-0.2, 0) is 6.18 Å². The zero-order valence-corrected chi connectivity index (χ0v) is 9.88. The number of allylic oxidation sites excluding steroid dienone is 1. The Hall–Kier alpha value is -1.98. The summed E-state index contributed by atoms with van der Waals surface area (Å²) < 4.78 is 37.1. The van der Waals surface area contributed by atoms with Crippen molar-refractivity contribution in [2.75, 3.05) is 14.1 Å². The molecule has 0 radical (unpaired) electrons. The van der Waals surface area contributed by atoms with Crippen LogP contribution in [0.25, 0.3) is 0 Å². The second-order valence-electron chi connectivity index (χ2n) is 3.90. The van der Waals surface area contributed by atoms with Crippen molar-refractivity contribution in [1.82, 2.24) is 4.90 Å². The van der Waals surface area contributed by atoms with Crippen molar-refractivity contribution < 1.29 is 23.1 Å². The maximum atomic E-state index is 12.4. The predicted octanol–water partition coefficient (Wildman–Crippen LogP) is 2.67. The predicted molar refractivity (Wildman–Crippen MR) is 60.3 cm³/mol. The van der Waals surface area contributed by atoms with E-state index < -0.39 is 23.3 Å². The molecule has 0 spiro atoms. The Bertz CT molecular complexity index is 493.